The first-order valence-electron chi connectivity index (χ1n) is 4.51. The van der Waals surface area contributed by atoms with Crippen LogP contribution in [0.25, 0.3) is 5.69 Å². The zero-order valence-electron chi connectivity index (χ0n) is 8.37. The lowest BCUT2D eigenvalue weighted by atomic mass is 10.2. The molecule has 0 unspecified atom stereocenters. The van der Waals surface area contributed by atoms with Crippen LogP contribution in [-0.4, -0.2) is 14.5 Å². The molecule has 1 aromatic carbocycles. The van der Waals surface area contributed by atoms with Crippen LogP contribution in [0.4, 0.5) is 10.1 Å². The van der Waals surface area contributed by atoms with E-state index in [4.69, 9.17) is 5.26 Å². The maximum Gasteiger partial charge on any atom is 0.296 e. The van der Waals surface area contributed by atoms with Crippen molar-refractivity contribution in [3.8, 4) is 11.8 Å². The van der Waals surface area contributed by atoms with Crippen molar-refractivity contribution in [2.24, 2.45) is 0 Å². The number of hydrogen-bond donors (Lipinski definition) is 0. The molecule has 1 aromatic heterocycles. The Balaban J connectivity index is 2.68. The number of nitriles is 1. The van der Waals surface area contributed by atoms with Gasteiger partial charge in [-0.1, -0.05) is 0 Å². The monoisotopic (exact) mass is 232 g/mol. The topological polar surface area (TPSA) is 84.8 Å². The molecule has 6 nitrogen and oxygen atoms in total. The van der Waals surface area contributed by atoms with Crippen molar-refractivity contribution < 1.29 is 9.31 Å². The van der Waals surface area contributed by atoms with E-state index in [-0.39, 0.29) is 11.5 Å². The number of imidazole rings is 1. The fraction of sp³-hybridized carbons (Fsp3) is 0. The standard InChI is InChI=1S/C10H5FN4O2/c11-7-1-2-8(9(5-7)15(16)17)14-4-3-13-10(14)6-12/h1-5H. The molecule has 0 fully saturated rings. The van der Waals surface area contributed by atoms with Gasteiger partial charge in [0.25, 0.3) is 5.69 Å². The molecular formula is C10H5FN4O2. The maximum atomic E-state index is 12.9. The Bertz CT molecular complexity index is 629. The number of hydrogen-bond acceptors (Lipinski definition) is 4. The van der Waals surface area contributed by atoms with Gasteiger partial charge in [0.05, 0.1) is 11.0 Å². The van der Waals surface area contributed by atoms with Crippen LogP contribution in [-0.2, 0) is 0 Å². The van der Waals surface area contributed by atoms with E-state index < -0.39 is 16.4 Å². The molecule has 0 aliphatic heterocycles. The molecule has 0 N–H and O–H groups in total. The average Bonchev–Trinajstić information content (AvgIpc) is 2.76. The third kappa shape index (κ3) is 1.83. The molecule has 17 heavy (non-hydrogen) atoms. The maximum absolute atomic E-state index is 12.9. The lowest BCUT2D eigenvalue weighted by molar-refractivity contribution is -0.384. The molecule has 7 heteroatoms. The zero-order chi connectivity index (χ0) is 12.4. The van der Waals surface area contributed by atoms with E-state index in [0.29, 0.717) is 0 Å². The second-order valence-corrected chi connectivity index (χ2v) is 3.12. The first-order valence-corrected chi connectivity index (χ1v) is 4.51. The molecular weight excluding hydrogens is 227 g/mol. The van der Waals surface area contributed by atoms with Gasteiger partial charge in [0.1, 0.15) is 17.6 Å². The number of benzene rings is 1. The molecule has 0 radical (unpaired) electrons. The predicted molar refractivity (Wildman–Crippen MR) is 54.9 cm³/mol. The summed E-state index contributed by atoms with van der Waals surface area (Å²) in [4.78, 5) is 13.8. The van der Waals surface area contributed by atoms with Gasteiger partial charge >= 0.3 is 0 Å². The smallest absolute Gasteiger partial charge is 0.285 e. The highest BCUT2D eigenvalue weighted by molar-refractivity contribution is 5.53. The first-order chi connectivity index (χ1) is 8.13. The van der Waals surface area contributed by atoms with Gasteiger partial charge in [0.15, 0.2) is 0 Å². The van der Waals surface area contributed by atoms with Crippen molar-refractivity contribution in [3.63, 3.8) is 0 Å². The fourth-order valence-electron chi connectivity index (χ4n) is 1.43. The number of nitrogens with zero attached hydrogens (tertiary/aromatic N) is 4. The lowest BCUT2D eigenvalue weighted by Gasteiger charge is -2.04. The minimum atomic E-state index is -0.709. The van der Waals surface area contributed by atoms with Gasteiger partial charge in [-0.3, -0.25) is 14.7 Å². The van der Waals surface area contributed by atoms with E-state index in [2.05, 4.69) is 4.98 Å². The van der Waals surface area contributed by atoms with E-state index in [0.717, 1.165) is 12.1 Å². The summed E-state index contributed by atoms with van der Waals surface area (Å²) in [6.45, 7) is 0. The third-order valence-corrected chi connectivity index (χ3v) is 2.13. The first kappa shape index (κ1) is 10.8. The second kappa shape index (κ2) is 4.02. The Hall–Kier alpha value is -2.75. The summed E-state index contributed by atoms with van der Waals surface area (Å²) in [6, 6.07) is 4.91. The van der Waals surface area contributed by atoms with Crippen LogP contribution in [0.15, 0.2) is 30.6 Å². The highest BCUT2D eigenvalue weighted by Crippen LogP contribution is 2.24. The summed E-state index contributed by atoms with van der Waals surface area (Å²) in [5.74, 6) is -0.709. The summed E-state index contributed by atoms with van der Waals surface area (Å²) in [5, 5.41) is 19.6. The summed E-state index contributed by atoms with van der Waals surface area (Å²) < 4.78 is 14.2. The normalized spacial score (nSPS) is 9.88. The van der Waals surface area contributed by atoms with Gasteiger partial charge in [-0.2, -0.15) is 5.26 Å². The van der Waals surface area contributed by atoms with E-state index in [1.165, 1.54) is 23.0 Å². The summed E-state index contributed by atoms with van der Waals surface area (Å²) in [7, 11) is 0. The molecule has 0 aliphatic rings. The SMILES string of the molecule is N#Cc1nccn1-c1ccc(F)cc1[N+](=O)[O-]. The number of halogens is 1. The summed E-state index contributed by atoms with van der Waals surface area (Å²) in [5.41, 5.74) is -0.315. The van der Waals surface area contributed by atoms with Crippen molar-refractivity contribution in [1.82, 2.24) is 9.55 Å². The Kier molecular flexibility index (Phi) is 2.54. The molecule has 0 bridgehead atoms. The molecule has 1 heterocycles. The summed E-state index contributed by atoms with van der Waals surface area (Å²) in [6.07, 6.45) is 2.74. The largest absolute Gasteiger partial charge is 0.296 e. The fourth-order valence-corrected chi connectivity index (χ4v) is 1.43. The van der Waals surface area contributed by atoms with Crippen LogP contribution in [0.1, 0.15) is 5.82 Å². The third-order valence-electron chi connectivity index (χ3n) is 2.13. The molecule has 2 rings (SSSR count). The van der Waals surface area contributed by atoms with Crippen LogP contribution in [0.5, 0.6) is 0 Å². The predicted octanol–water partition coefficient (Wildman–Crippen LogP) is 1.79. The molecule has 0 atom stereocenters. The van der Waals surface area contributed by atoms with Crippen molar-refractivity contribution in [1.29, 1.82) is 5.26 Å². The summed E-state index contributed by atoms with van der Waals surface area (Å²) >= 11 is 0. The Morgan fingerprint density at radius 1 is 1.53 bits per heavy atom. The van der Waals surface area contributed by atoms with Gasteiger partial charge < -0.3 is 0 Å². The van der Waals surface area contributed by atoms with Crippen molar-refractivity contribution >= 4 is 5.69 Å². The van der Waals surface area contributed by atoms with E-state index in [1.807, 2.05) is 0 Å². The van der Waals surface area contributed by atoms with E-state index >= 15 is 0 Å². The van der Waals surface area contributed by atoms with Crippen LogP contribution in [0.3, 0.4) is 0 Å². The highest BCUT2D eigenvalue weighted by Gasteiger charge is 2.18. The van der Waals surface area contributed by atoms with Gasteiger partial charge in [0, 0.05) is 12.4 Å². The molecule has 0 amide bonds. The van der Waals surface area contributed by atoms with E-state index in [9.17, 15) is 14.5 Å². The molecule has 0 spiro atoms. The van der Waals surface area contributed by atoms with Crippen molar-refractivity contribution in [2.75, 3.05) is 0 Å². The highest BCUT2D eigenvalue weighted by atomic mass is 19.1. The molecule has 0 saturated heterocycles. The van der Waals surface area contributed by atoms with Gasteiger partial charge in [-0.05, 0) is 12.1 Å². The number of nitro benzene ring substituents is 1. The Morgan fingerprint density at radius 3 is 2.94 bits per heavy atom. The average molecular weight is 232 g/mol. The minimum Gasteiger partial charge on any atom is -0.285 e. The van der Waals surface area contributed by atoms with Crippen molar-refractivity contribution in [2.45, 2.75) is 0 Å². The van der Waals surface area contributed by atoms with Gasteiger partial charge in [-0.25, -0.2) is 9.37 Å². The van der Waals surface area contributed by atoms with Gasteiger partial charge in [-0.15, -0.1) is 0 Å². The van der Waals surface area contributed by atoms with Crippen LogP contribution < -0.4 is 0 Å². The number of nitro groups is 1. The van der Waals surface area contributed by atoms with Crippen LogP contribution in [0, 0.1) is 27.3 Å². The molecule has 2 aromatic rings. The molecule has 0 aliphatic carbocycles. The lowest BCUT2D eigenvalue weighted by Crippen LogP contribution is -2.02. The van der Waals surface area contributed by atoms with Crippen LogP contribution in [0.2, 0.25) is 0 Å². The zero-order valence-corrected chi connectivity index (χ0v) is 8.37. The Morgan fingerprint density at radius 2 is 2.29 bits per heavy atom. The van der Waals surface area contributed by atoms with Gasteiger partial charge in [0.2, 0.25) is 5.82 Å². The molecule has 0 saturated carbocycles. The minimum absolute atomic E-state index is 0.000270. The van der Waals surface area contributed by atoms with Crippen molar-refractivity contribution in [3.05, 3.63) is 52.3 Å². The second-order valence-electron chi connectivity index (χ2n) is 3.12. The number of aromatic nitrogens is 2. The molecule has 84 valence electrons. The quantitative estimate of drug-likeness (QED) is 0.583. The van der Waals surface area contributed by atoms with E-state index in [1.54, 1.807) is 6.07 Å². The number of rotatable bonds is 2. The Labute approximate surface area is 94.7 Å². The van der Waals surface area contributed by atoms with Crippen LogP contribution >= 0.6 is 0 Å².